The lowest BCUT2D eigenvalue weighted by Crippen LogP contribution is -2.42. The zero-order valence-electron chi connectivity index (χ0n) is 17.1. The average molecular weight is 407 g/mol. The Labute approximate surface area is 174 Å². The van der Waals surface area contributed by atoms with E-state index >= 15 is 0 Å². The van der Waals surface area contributed by atoms with Crippen molar-refractivity contribution in [3.8, 4) is 11.4 Å². The third-order valence-corrected chi connectivity index (χ3v) is 4.72. The standard InChI is InChI=1S/C23H25N3O4/c1-3-17-9-11-18(12-10-17)15-24-21(27)16-25-13-14-26(23(29)22(25)28)19-7-5-6-8-20(19)30-4-2/h5-14H,3-4,15-16H2,1-2H3,(H,24,27). The van der Waals surface area contributed by atoms with Gasteiger partial charge in [-0.2, -0.15) is 0 Å². The summed E-state index contributed by atoms with van der Waals surface area (Å²) < 4.78 is 7.88. The molecule has 30 heavy (non-hydrogen) atoms. The van der Waals surface area contributed by atoms with Crippen molar-refractivity contribution in [2.45, 2.75) is 33.4 Å². The second-order valence-corrected chi connectivity index (χ2v) is 6.75. The van der Waals surface area contributed by atoms with Crippen molar-refractivity contribution in [3.63, 3.8) is 0 Å². The van der Waals surface area contributed by atoms with E-state index in [0.29, 0.717) is 24.6 Å². The number of aromatic nitrogens is 2. The van der Waals surface area contributed by atoms with Crippen molar-refractivity contribution in [1.29, 1.82) is 0 Å². The lowest BCUT2D eigenvalue weighted by Gasteiger charge is -2.13. The highest BCUT2D eigenvalue weighted by atomic mass is 16.5. The summed E-state index contributed by atoms with van der Waals surface area (Å²) >= 11 is 0. The molecule has 0 aliphatic carbocycles. The van der Waals surface area contributed by atoms with Gasteiger partial charge in [-0.05, 0) is 36.6 Å². The molecule has 7 nitrogen and oxygen atoms in total. The first-order chi connectivity index (χ1) is 14.5. The Balaban J connectivity index is 1.73. The normalized spacial score (nSPS) is 10.6. The molecule has 0 fully saturated rings. The molecular formula is C23H25N3O4. The minimum absolute atomic E-state index is 0.227. The summed E-state index contributed by atoms with van der Waals surface area (Å²) in [6.07, 6.45) is 3.86. The van der Waals surface area contributed by atoms with Crippen LogP contribution >= 0.6 is 0 Å². The number of amides is 1. The third kappa shape index (κ3) is 4.86. The summed E-state index contributed by atoms with van der Waals surface area (Å²) in [5.41, 5.74) is 1.16. The fraction of sp³-hybridized carbons (Fsp3) is 0.261. The van der Waals surface area contributed by atoms with Crippen molar-refractivity contribution in [3.05, 3.63) is 92.8 Å². The zero-order valence-corrected chi connectivity index (χ0v) is 17.1. The van der Waals surface area contributed by atoms with Crippen LogP contribution in [0.15, 0.2) is 70.5 Å². The van der Waals surface area contributed by atoms with Crippen LogP contribution in [0.4, 0.5) is 0 Å². The molecule has 0 aliphatic heterocycles. The molecule has 7 heteroatoms. The van der Waals surface area contributed by atoms with Gasteiger partial charge in [0.05, 0.1) is 12.3 Å². The van der Waals surface area contributed by atoms with Gasteiger partial charge in [0.2, 0.25) is 5.91 Å². The molecule has 0 bridgehead atoms. The first-order valence-electron chi connectivity index (χ1n) is 9.92. The van der Waals surface area contributed by atoms with E-state index in [1.54, 1.807) is 24.3 Å². The first kappa shape index (κ1) is 21.1. The summed E-state index contributed by atoms with van der Waals surface area (Å²) in [6.45, 7) is 4.49. The topological polar surface area (TPSA) is 82.3 Å². The molecule has 3 rings (SSSR count). The predicted octanol–water partition coefficient (Wildman–Crippen LogP) is 2.28. The number of rotatable bonds is 8. The van der Waals surface area contributed by atoms with Gasteiger partial charge in [-0.25, -0.2) is 0 Å². The molecule has 1 N–H and O–H groups in total. The van der Waals surface area contributed by atoms with Crippen LogP contribution in [0.5, 0.6) is 5.75 Å². The van der Waals surface area contributed by atoms with Gasteiger partial charge in [0, 0.05) is 18.9 Å². The van der Waals surface area contributed by atoms with Crippen molar-refractivity contribution in [2.24, 2.45) is 0 Å². The highest BCUT2D eigenvalue weighted by Gasteiger charge is 2.12. The molecule has 156 valence electrons. The van der Waals surface area contributed by atoms with E-state index in [1.165, 1.54) is 22.5 Å². The highest BCUT2D eigenvalue weighted by Crippen LogP contribution is 2.20. The first-order valence-corrected chi connectivity index (χ1v) is 9.92. The molecule has 0 radical (unpaired) electrons. The minimum Gasteiger partial charge on any atom is -0.492 e. The lowest BCUT2D eigenvalue weighted by atomic mass is 10.1. The fourth-order valence-corrected chi connectivity index (χ4v) is 3.06. The van der Waals surface area contributed by atoms with Gasteiger partial charge >= 0.3 is 11.1 Å². The maximum Gasteiger partial charge on any atom is 0.321 e. The van der Waals surface area contributed by atoms with E-state index in [-0.39, 0.29) is 12.5 Å². The van der Waals surface area contributed by atoms with E-state index < -0.39 is 11.1 Å². The van der Waals surface area contributed by atoms with Crippen molar-refractivity contribution >= 4 is 5.91 Å². The van der Waals surface area contributed by atoms with Crippen molar-refractivity contribution in [1.82, 2.24) is 14.5 Å². The van der Waals surface area contributed by atoms with E-state index in [9.17, 15) is 14.4 Å². The van der Waals surface area contributed by atoms with Crippen LogP contribution in [0.2, 0.25) is 0 Å². The smallest absolute Gasteiger partial charge is 0.321 e. The fourth-order valence-electron chi connectivity index (χ4n) is 3.06. The number of hydrogen-bond acceptors (Lipinski definition) is 4. The Morgan fingerprint density at radius 3 is 2.33 bits per heavy atom. The molecule has 0 saturated heterocycles. The Hall–Kier alpha value is -3.61. The second-order valence-electron chi connectivity index (χ2n) is 6.75. The number of ether oxygens (including phenoxy) is 1. The Morgan fingerprint density at radius 1 is 0.933 bits per heavy atom. The molecule has 0 saturated carbocycles. The quantitative estimate of drug-likeness (QED) is 0.581. The molecule has 2 aromatic carbocycles. The summed E-state index contributed by atoms with van der Waals surface area (Å²) in [4.78, 5) is 37.4. The lowest BCUT2D eigenvalue weighted by molar-refractivity contribution is -0.121. The van der Waals surface area contributed by atoms with Gasteiger partial charge in [0.1, 0.15) is 12.3 Å². The number of carbonyl (C=O) groups is 1. The van der Waals surface area contributed by atoms with Gasteiger partial charge in [0.25, 0.3) is 0 Å². The van der Waals surface area contributed by atoms with E-state index in [1.807, 2.05) is 31.2 Å². The maximum absolute atomic E-state index is 12.6. The van der Waals surface area contributed by atoms with Crippen LogP contribution in [0, 0.1) is 0 Å². The number of hydrogen-bond donors (Lipinski definition) is 1. The van der Waals surface area contributed by atoms with Gasteiger partial charge in [-0.3, -0.25) is 23.5 Å². The largest absolute Gasteiger partial charge is 0.492 e. The molecule has 0 unspecified atom stereocenters. The van der Waals surface area contributed by atoms with Crippen LogP contribution < -0.4 is 21.2 Å². The van der Waals surface area contributed by atoms with Crippen LogP contribution in [0.1, 0.15) is 25.0 Å². The van der Waals surface area contributed by atoms with Crippen LogP contribution in [-0.4, -0.2) is 21.6 Å². The summed E-state index contributed by atoms with van der Waals surface area (Å²) in [7, 11) is 0. The maximum atomic E-state index is 12.6. The molecule has 3 aromatic rings. The molecule has 0 atom stereocenters. The van der Waals surface area contributed by atoms with Gasteiger partial charge in [0.15, 0.2) is 0 Å². The number of para-hydroxylation sites is 2. The number of nitrogens with zero attached hydrogens (tertiary/aromatic N) is 2. The van der Waals surface area contributed by atoms with Gasteiger partial charge in [-0.15, -0.1) is 0 Å². The Morgan fingerprint density at radius 2 is 1.63 bits per heavy atom. The Kier molecular flexibility index (Phi) is 6.85. The minimum atomic E-state index is -0.772. The van der Waals surface area contributed by atoms with Crippen molar-refractivity contribution < 1.29 is 9.53 Å². The zero-order chi connectivity index (χ0) is 21.5. The number of nitrogens with one attached hydrogen (secondary N) is 1. The molecule has 0 aliphatic rings. The van der Waals surface area contributed by atoms with E-state index in [0.717, 1.165) is 16.6 Å². The molecule has 1 amide bonds. The van der Waals surface area contributed by atoms with Crippen LogP contribution in [0.25, 0.3) is 5.69 Å². The number of benzene rings is 2. The summed E-state index contributed by atoms with van der Waals surface area (Å²) in [6, 6.07) is 14.9. The molecule has 1 aromatic heterocycles. The average Bonchev–Trinajstić information content (AvgIpc) is 2.77. The summed E-state index contributed by atoms with van der Waals surface area (Å²) in [5.74, 6) is 0.162. The molecular weight excluding hydrogens is 382 g/mol. The SMILES string of the molecule is CCOc1ccccc1-n1ccn(CC(=O)NCc2ccc(CC)cc2)c(=O)c1=O. The van der Waals surface area contributed by atoms with E-state index in [4.69, 9.17) is 4.74 Å². The summed E-state index contributed by atoms with van der Waals surface area (Å²) in [5, 5.41) is 2.78. The predicted molar refractivity (Wildman–Crippen MR) is 115 cm³/mol. The number of aryl methyl sites for hydroxylation is 1. The third-order valence-electron chi connectivity index (χ3n) is 4.72. The van der Waals surface area contributed by atoms with Crippen LogP contribution in [0.3, 0.4) is 0 Å². The highest BCUT2D eigenvalue weighted by molar-refractivity contribution is 5.75. The van der Waals surface area contributed by atoms with Gasteiger partial charge < -0.3 is 10.1 Å². The van der Waals surface area contributed by atoms with Crippen molar-refractivity contribution in [2.75, 3.05) is 6.61 Å². The monoisotopic (exact) mass is 407 g/mol. The van der Waals surface area contributed by atoms with Crippen LogP contribution in [-0.2, 0) is 24.3 Å². The Bertz CT molecular complexity index is 1130. The molecule has 0 spiro atoms. The van der Waals surface area contributed by atoms with Gasteiger partial charge in [-0.1, -0.05) is 43.3 Å². The van der Waals surface area contributed by atoms with E-state index in [2.05, 4.69) is 12.2 Å². The molecule has 1 heterocycles. The second kappa shape index (κ2) is 9.73. The number of carbonyl (C=O) groups excluding carboxylic acids is 1.